The van der Waals surface area contributed by atoms with E-state index in [1.165, 1.54) is 0 Å². The van der Waals surface area contributed by atoms with Gasteiger partial charge in [-0.3, -0.25) is 14.4 Å². The molecule has 1 fully saturated rings. The summed E-state index contributed by atoms with van der Waals surface area (Å²) in [5.41, 5.74) is 2.65. The average Bonchev–Trinajstić information content (AvgIpc) is 3.07. The van der Waals surface area contributed by atoms with E-state index in [1.54, 1.807) is 37.2 Å². The summed E-state index contributed by atoms with van der Waals surface area (Å²) in [6.07, 6.45) is 5.03. The van der Waals surface area contributed by atoms with E-state index in [1.807, 2.05) is 18.2 Å². The highest BCUT2D eigenvalue weighted by molar-refractivity contribution is 6.05. The highest BCUT2D eigenvalue weighted by Crippen LogP contribution is 2.23. The van der Waals surface area contributed by atoms with Gasteiger partial charge in [-0.1, -0.05) is 12.1 Å². The summed E-state index contributed by atoms with van der Waals surface area (Å²) in [4.78, 5) is 14.6. The summed E-state index contributed by atoms with van der Waals surface area (Å²) in [6.45, 7) is 4.18. The summed E-state index contributed by atoms with van der Waals surface area (Å²) < 4.78 is 12.5. The second-order valence-electron chi connectivity index (χ2n) is 6.00. The molecule has 1 aromatic carbocycles. The highest BCUT2D eigenvalue weighted by Gasteiger charge is 2.13. The zero-order valence-corrected chi connectivity index (χ0v) is 14.6. The molecule has 1 saturated heterocycles. The second kappa shape index (κ2) is 8.09. The van der Waals surface area contributed by atoms with E-state index in [0.29, 0.717) is 5.69 Å². The maximum absolute atomic E-state index is 12.2. The number of aryl methyl sites for hydroxylation is 1. The van der Waals surface area contributed by atoms with Crippen molar-refractivity contribution in [3.8, 4) is 5.75 Å². The fourth-order valence-electron chi connectivity index (χ4n) is 2.90. The van der Waals surface area contributed by atoms with Gasteiger partial charge in [0.15, 0.2) is 0 Å². The summed E-state index contributed by atoms with van der Waals surface area (Å²) in [5.74, 6) is 0.798. The van der Waals surface area contributed by atoms with Crippen molar-refractivity contribution < 1.29 is 14.3 Å². The number of methoxy groups -OCH3 is 1. The normalized spacial score (nSPS) is 15.6. The monoisotopic (exact) mass is 341 g/mol. The van der Waals surface area contributed by atoms with Crippen molar-refractivity contribution >= 4 is 11.9 Å². The Kier molecular flexibility index (Phi) is 5.63. The van der Waals surface area contributed by atoms with E-state index in [0.717, 1.165) is 49.7 Å². The molecule has 0 saturated carbocycles. The standard InChI is InChI=1S/C19H23N3O3/c1-21-17(7-8-20-21)18(23)5-3-15-4-6-19(24-2)16(13-15)14-22-9-11-25-12-10-22/h3-8,13H,9-12,14H2,1-2H3/b5-3+. The van der Waals surface area contributed by atoms with E-state index >= 15 is 0 Å². The predicted octanol–water partition coefficient (Wildman–Crippen LogP) is 2.16. The summed E-state index contributed by atoms with van der Waals surface area (Å²) in [7, 11) is 3.44. The first-order valence-electron chi connectivity index (χ1n) is 8.35. The lowest BCUT2D eigenvalue weighted by molar-refractivity contribution is 0.0339. The minimum atomic E-state index is -0.0643. The summed E-state index contributed by atoms with van der Waals surface area (Å²) in [6, 6.07) is 7.69. The molecule has 132 valence electrons. The molecule has 0 N–H and O–H groups in total. The Balaban J connectivity index is 1.75. The highest BCUT2D eigenvalue weighted by atomic mass is 16.5. The lowest BCUT2D eigenvalue weighted by atomic mass is 10.1. The van der Waals surface area contributed by atoms with Gasteiger partial charge in [0.2, 0.25) is 5.78 Å². The van der Waals surface area contributed by atoms with Gasteiger partial charge in [0, 0.05) is 38.4 Å². The zero-order valence-electron chi connectivity index (χ0n) is 14.6. The molecular formula is C19H23N3O3. The molecule has 0 unspecified atom stereocenters. The number of carbonyl (C=O) groups excluding carboxylic acids is 1. The summed E-state index contributed by atoms with van der Waals surface area (Å²) in [5, 5.41) is 4.02. The Morgan fingerprint density at radius 1 is 1.32 bits per heavy atom. The molecule has 0 amide bonds. The quantitative estimate of drug-likeness (QED) is 0.595. The van der Waals surface area contributed by atoms with Crippen LogP contribution in [0.25, 0.3) is 6.08 Å². The van der Waals surface area contributed by atoms with Gasteiger partial charge in [0.1, 0.15) is 11.4 Å². The number of allylic oxidation sites excluding steroid dienone is 1. The molecule has 2 heterocycles. The molecular weight excluding hydrogens is 318 g/mol. The van der Waals surface area contributed by atoms with E-state index in [9.17, 15) is 4.79 Å². The maximum atomic E-state index is 12.2. The topological polar surface area (TPSA) is 56.6 Å². The van der Waals surface area contributed by atoms with Crippen molar-refractivity contribution in [2.75, 3.05) is 33.4 Å². The molecule has 0 aliphatic carbocycles. The van der Waals surface area contributed by atoms with Gasteiger partial charge in [0.25, 0.3) is 0 Å². The largest absolute Gasteiger partial charge is 0.496 e. The molecule has 1 aromatic heterocycles. The maximum Gasteiger partial charge on any atom is 0.203 e. The van der Waals surface area contributed by atoms with Crippen LogP contribution in [0.4, 0.5) is 0 Å². The van der Waals surface area contributed by atoms with Gasteiger partial charge >= 0.3 is 0 Å². The van der Waals surface area contributed by atoms with Crippen molar-refractivity contribution in [1.82, 2.24) is 14.7 Å². The first-order chi connectivity index (χ1) is 12.2. The van der Waals surface area contributed by atoms with Crippen LogP contribution < -0.4 is 4.74 Å². The number of carbonyl (C=O) groups is 1. The Labute approximate surface area is 147 Å². The van der Waals surface area contributed by atoms with Gasteiger partial charge in [-0.25, -0.2) is 0 Å². The van der Waals surface area contributed by atoms with Crippen molar-refractivity contribution in [2.45, 2.75) is 6.54 Å². The third-order valence-corrected chi connectivity index (χ3v) is 4.30. The number of nitrogens with zero attached hydrogens (tertiary/aromatic N) is 3. The predicted molar refractivity (Wildman–Crippen MR) is 95.7 cm³/mol. The van der Waals surface area contributed by atoms with Crippen LogP contribution in [0.5, 0.6) is 5.75 Å². The lowest BCUT2D eigenvalue weighted by Crippen LogP contribution is -2.35. The van der Waals surface area contributed by atoms with Crippen molar-refractivity contribution in [3.63, 3.8) is 0 Å². The summed E-state index contributed by atoms with van der Waals surface area (Å²) >= 11 is 0. The lowest BCUT2D eigenvalue weighted by Gasteiger charge is -2.27. The zero-order chi connectivity index (χ0) is 17.6. The number of benzene rings is 1. The Bertz CT molecular complexity index is 761. The Hall–Kier alpha value is -2.44. The number of morpholine rings is 1. The van der Waals surface area contributed by atoms with Gasteiger partial charge in [-0.05, 0) is 29.8 Å². The number of hydrogen-bond acceptors (Lipinski definition) is 5. The SMILES string of the molecule is COc1ccc(/C=C/C(=O)c2ccnn2C)cc1CN1CCOCC1. The minimum absolute atomic E-state index is 0.0643. The molecule has 6 heteroatoms. The molecule has 0 spiro atoms. The van der Waals surface area contributed by atoms with Crippen LogP contribution in [0.2, 0.25) is 0 Å². The smallest absolute Gasteiger partial charge is 0.203 e. The molecule has 0 atom stereocenters. The minimum Gasteiger partial charge on any atom is -0.496 e. The molecule has 2 aromatic rings. The molecule has 1 aliphatic rings. The van der Waals surface area contributed by atoms with Gasteiger partial charge in [-0.15, -0.1) is 0 Å². The van der Waals surface area contributed by atoms with E-state index in [-0.39, 0.29) is 5.78 Å². The van der Waals surface area contributed by atoms with Crippen LogP contribution in [0, 0.1) is 0 Å². The number of ketones is 1. The average molecular weight is 341 g/mol. The fraction of sp³-hybridized carbons (Fsp3) is 0.368. The molecule has 6 nitrogen and oxygen atoms in total. The van der Waals surface area contributed by atoms with E-state index < -0.39 is 0 Å². The van der Waals surface area contributed by atoms with Crippen LogP contribution in [-0.2, 0) is 18.3 Å². The fourth-order valence-corrected chi connectivity index (χ4v) is 2.90. The number of rotatable bonds is 6. The first kappa shape index (κ1) is 17.4. The Morgan fingerprint density at radius 2 is 2.12 bits per heavy atom. The van der Waals surface area contributed by atoms with Crippen molar-refractivity contribution in [2.24, 2.45) is 7.05 Å². The van der Waals surface area contributed by atoms with Gasteiger partial charge in [0.05, 0.1) is 20.3 Å². The number of ether oxygens (including phenoxy) is 2. The van der Waals surface area contributed by atoms with Crippen LogP contribution in [0.15, 0.2) is 36.5 Å². The first-order valence-corrected chi connectivity index (χ1v) is 8.35. The molecule has 0 bridgehead atoms. The van der Waals surface area contributed by atoms with Crippen LogP contribution in [0.3, 0.4) is 0 Å². The third kappa shape index (κ3) is 4.35. The van der Waals surface area contributed by atoms with E-state index in [2.05, 4.69) is 16.1 Å². The van der Waals surface area contributed by atoms with Crippen LogP contribution >= 0.6 is 0 Å². The van der Waals surface area contributed by atoms with E-state index in [4.69, 9.17) is 9.47 Å². The number of hydrogen-bond donors (Lipinski definition) is 0. The van der Waals surface area contributed by atoms with Crippen molar-refractivity contribution in [3.05, 3.63) is 53.4 Å². The number of aromatic nitrogens is 2. The molecule has 25 heavy (non-hydrogen) atoms. The van der Waals surface area contributed by atoms with Gasteiger partial charge in [-0.2, -0.15) is 5.10 Å². The van der Waals surface area contributed by atoms with Crippen LogP contribution in [0.1, 0.15) is 21.6 Å². The molecule has 3 rings (SSSR count). The van der Waals surface area contributed by atoms with Gasteiger partial charge < -0.3 is 9.47 Å². The molecule has 1 aliphatic heterocycles. The van der Waals surface area contributed by atoms with Crippen molar-refractivity contribution in [1.29, 1.82) is 0 Å². The molecule has 0 radical (unpaired) electrons. The second-order valence-corrected chi connectivity index (χ2v) is 6.00. The third-order valence-electron chi connectivity index (χ3n) is 4.30. The Morgan fingerprint density at radius 3 is 2.80 bits per heavy atom. The van der Waals surface area contributed by atoms with Crippen LogP contribution in [-0.4, -0.2) is 53.9 Å².